The number of rotatable bonds is 7. The van der Waals surface area contributed by atoms with Gasteiger partial charge in [-0.3, -0.25) is 9.79 Å². The first-order valence-corrected chi connectivity index (χ1v) is 10.2. The Morgan fingerprint density at radius 3 is 2.58 bits per heavy atom. The normalized spacial score (nSPS) is 11.3. The van der Waals surface area contributed by atoms with Gasteiger partial charge in [0.25, 0.3) is 5.91 Å². The molecule has 0 saturated carbocycles. The molecule has 3 aromatic rings. The Morgan fingerprint density at radius 1 is 1.10 bits per heavy atom. The lowest BCUT2D eigenvalue weighted by atomic mass is 10.1. The molecular weight excluding hydrogens is 390 g/mol. The average Bonchev–Trinajstić information content (AvgIpc) is 3.13. The Kier molecular flexibility index (Phi) is 7.37. The fourth-order valence-corrected chi connectivity index (χ4v) is 3.25. The minimum Gasteiger partial charge on any atom is -0.356 e. The predicted octanol–water partition coefficient (Wildman–Crippen LogP) is 2.15. The van der Waals surface area contributed by atoms with Gasteiger partial charge in [0.05, 0.1) is 5.69 Å². The Balaban J connectivity index is 1.49. The molecular formula is C23H29N7O. The second kappa shape index (κ2) is 10.4. The minimum absolute atomic E-state index is 0.0789. The monoisotopic (exact) mass is 419 g/mol. The molecule has 31 heavy (non-hydrogen) atoms. The van der Waals surface area contributed by atoms with E-state index in [0.717, 1.165) is 34.8 Å². The van der Waals surface area contributed by atoms with Crippen molar-refractivity contribution < 1.29 is 4.79 Å². The molecule has 8 heteroatoms. The lowest BCUT2D eigenvalue weighted by Gasteiger charge is -2.12. The predicted molar refractivity (Wildman–Crippen MR) is 123 cm³/mol. The maximum absolute atomic E-state index is 11.8. The number of carbonyl (C=O) groups is 1. The van der Waals surface area contributed by atoms with E-state index in [9.17, 15) is 4.79 Å². The number of benzene rings is 1. The molecule has 0 unspecified atom stereocenters. The number of aromatic nitrogens is 3. The summed E-state index contributed by atoms with van der Waals surface area (Å²) in [5.41, 5.74) is 4.83. The molecule has 0 fully saturated rings. The molecule has 2 heterocycles. The van der Waals surface area contributed by atoms with Crippen LogP contribution in [0.2, 0.25) is 0 Å². The maximum atomic E-state index is 11.8. The van der Waals surface area contributed by atoms with Gasteiger partial charge in [-0.15, -0.1) is 0 Å². The van der Waals surface area contributed by atoms with Crippen molar-refractivity contribution in [1.82, 2.24) is 30.7 Å². The van der Waals surface area contributed by atoms with Crippen molar-refractivity contribution >= 4 is 11.9 Å². The summed E-state index contributed by atoms with van der Waals surface area (Å²) in [5, 5.41) is 13.7. The van der Waals surface area contributed by atoms with Crippen molar-refractivity contribution in [3.05, 3.63) is 76.7 Å². The number of guanidine groups is 1. The first-order valence-electron chi connectivity index (χ1n) is 10.2. The molecule has 1 amide bonds. The van der Waals surface area contributed by atoms with E-state index >= 15 is 0 Å². The summed E-state index contributed by atoms with van der Waals surface area (Å²) < 4.78 is 1.84. The van der Waals surface area contributed by atoms with Gasteiger partial charge in [-0.2, -0.15) is 5.10 Å². The van der Waals surface area contributed by atoms with E-state index in [1.807, 2.05) is 67.2 Å². The van der Waals surface area contributed by atoms with Crippen LogP contribution in [0.1, 0.15) is 32.9 Å². The van der Waals surface area contributed by atoms with Gasteiger partial charge in [0.1, 0.15) is 0 Å². The van der Waals surface area contributed by atoms with Crippen LogP contribution < -0.4 is 16.0 Å². The highest BCUT2D eigenvalue weighted by molar-refractivity contribution is 5.94. The van der Waals surface area contributed by atoms with Crippen LogP contribution in [-0.4, -0.2) is 47.3 Å². The molecule has 1 aromatic carbocycles. The number of nitrogens with zero attached hydrogens (tertiary/aromatic N) is 4. The van der Waals surface area contributed by atoms with E-state index in [1.54, 1.807) is 14.1 Å². The lowest BCUT2D eigenvalue weighted by Crippen LogP contribution is -2.37. The smallest absolute Gasteiger partial charge is 0.251 e. The molecule has 0 saturated heterocycles. The molecule has 3 N–H and O–H groups in total. The van der Waals surface area contributed by atoms with Crippen LogP contribution in [0.3, 0.4) is 0 Å². The van der Waals surface area contributed by atoms with Crippen molar-refractivity contribution in [1.29, 1.82) is 0 Å². The summed E-state index contributed by atoms with van der Waals surface area (Å²) in [6.07, 6.45) is 2.63. The van der Waals surface area contributed by atoms with E-state index in [0.29, 0.717) is 24.6 Å². The quantitative estimate of drug-likeness (QED) is 0.403. The number of pyridine rings is 1. The highest BCUT2D eigenvalue weighted by Crippen LogP contribution is 2.10. The number of carbonyl (C=O) groups excluding carboxylic acids is 1. The lowest BCUT2D eigenvalue weighted by molar-refractivity contribution is 0.0963. The highest BCUT2D eigenvalue weighted by atomic mass is 16.1. The molecule has 8 nitrogen and oxygen atoms in total. The van der Waals surface area contributed by atoms with Crippen LogP contribution in [0.5, 0.6) is 0 Å². The number of aliphatic imine (C=N–C) groups is 1. The SMILES string of the molecule is CN=C(NCCc1cccc(C(=O)NC)c1)NCc1ccc(-n2nc(C)cc2C)nc1. The van der Waals surface area contributed by atoms with Crippen molar-refractivity contribution in [2.24, 2.45) is 4.99 Å². The fraction of sp³-hybridized carbons (Fsp3) is 0.304. The first-order chi connectivity index (χ1) is 15.0. The number of amides is 1. The maximum Gasteiger partial charge on any atom is 0.251 e. The van der Waals surface area contributed by atoms with E-state index in [1.165, 1.54) is 0 Å². The van der Waals surface area contributed by atoms with Crippen molar-refractivity contribution in [2.75, 3.05) is 20.6 Å². The van der Waals surface area contributed by atoms with E-state index in [-0.39, 0.29) is 5.91 Å². The molecule has 3 rings (SSSR count). The van der Waals surface area contributed by atoms with E-state index in [4.69, 9.17) is 0 Å². The average molecular weight is 420 g/mol. The van der Waals surface area contributed by atoms with Gasteiger partial charge in [0.15, 0.2) is 11.8 Å². The van der Waals surface area contributed by atoms with Crippen molar-refractivity contribution in [3.63, 3.8) is 0 Å². The second-order valence-electron chi connectivity index (χ2n) is 7.25. The van der Waals surface area contributed by atoms with Crippen LogP contribution in [0.15, 0.2) is 53.7 Å². The zero-order chi connectivity index (χ0) is 22.2. The molecule has 0 spiro atoms. The van der Waals surface area contributed by atoms with Gasteiger partial charge in [0.2, 0.25) is 0 Å². The number of aryl methyl sites for hydroxylation is 2. The van der Waals surface area contributed by atoms with Crippen molar-refractivity contribution in [2.45, 2.75) is 26.8 Å². The number of hydrogen-bond donors (Lipinski definition) is 3. The molecule has 2 aromatic heterocycles. The standard InChI is InChI=1S/C23H29N7O/c1-16-12-17(2)30(29-16)21-9-8-19(14-27-21)15-28-23(25-4)26-11-10-18-6-5-7-20(13-18)22(31)24-3/h5-9,12-14H,10-11,15H2,1-4H3,(H,24,31)(H2,25,26,28). The molecule has 0 aliphatic carbocycles. The van der Waals surface area contributed by atoms with E-state index in [2.05, 4.69) is 31.0 Å². The van der Waals surface area contributed by atoms with Gasteiger partial charge >= 0.3 is 0 Å². The molecule has 0 aliphatic heterocycles. The van der Waals surface area contributed by atoms with Gasteiger partial charge in [-0.1, -0.05) is 18.2 Å². The Morgan fingerprint density at radius 2 is 1.94 bits per heavy atom. The summed E-state index contributed by atoms with van der Waals surface area (Å²) in [5.74, 6) is 1.44. The summed E-state index contributed by atoms with van der Waals surface area (Å²) in [4.78, 5) is 20.6. The molecule has 0 atom stereocenters. The third-order valence-corrected chi connectivity index (χ3v) is 4.84. The summed E-state index contributed by atoms with van der Waals surface area (Å²) in [6, 6.07) is 13.7. The third-order valence-electron chi connectivity index (χ3n) is 4.84. The van der Waals surface area contributed by atoms with Crippen LogP contribution in [-0.2, 0) is 13.0 Å². The number of nitrogens with one attached hydrogen (secondary N) is 3. The fourth-order valence-electron chi connectivity index (χ4n) is 3.25. The molecule has 0 bridgehead atoms. The van der Waals surface area contributed by atoms with Crippen LogP contribution >= 0.6 is 0 Å². The van der Waals surface area contributed by atoms with Crippen LogP contribution in [0.25, 0.3) is 5.82 Å². The van der Waals surface area contributed by atoms with Gasteiger partial charge in [-0.05, 0) is 55.7 Å². The molecule has 0 radical (unpaired) electrons. The van der Waals surface area contributed by atoms with Crippen LogP contribution in [0.4, 0.5) is 0 Å². The highest BCUT2D eigenvalue weighted by Gasteiger charge is 2.06. The summed E-state index contributed by atoms with van der Waals surface area (Å²) >= 11 is 0. The Labute approximate surface area is 182 Å². The van der Waals surface area contributed by atoms with Gasteiger partial charge in [-0.25, -0.2) is 9.67 Å². The summed E-state index contributed by atoms with van der Waals surface area (Å²) in [7, 11) is 3.38. The Hall–Kier alpha value is -3.68. The van der Waals surface area contributed by atoms with Crippen LogP contribution in [0, 0.1) is 13.8 Å². The van der Waals surface area contributed by atoms with Crippen molar-refractivity contribution in [3.8, 4) is 5.82 Å². The first kappa shape index (κ1) is 22.0. The van der Waals surface area contributed by atoms with E-state index < -0.39 is 0 Å². The Bertz CT molecular complexity index is 1050. The largest absolute Gasteiger partial charge is 0.356 e. The second-order valence-corrected chi connectivity index (χ2v) is 7.25. The zero-order valence-electron chi connectivity index (χ0n) is 18.4. The van der Waals surface area contributed by atoms with Gasteiger partial charge in [0, 0.05) is 44.6 Å². The summed E-state index contributed by atoms with van der Waals surface area (Å²) in [6.45, 7) is 5.29. The molecule has 0 aliphatic rings. The number of hydrogen-bond acceptors (Lipinski definition) is 4. The zero-order valence-corrected chi connectivity index (χ0v) is 18.4. The van der Waals surface area contributed by atoms with Gasteiger partial charge < -0.3 is 16.0 Å². The minimum atomic E-state index is -0.0789. The topological polar surface area (TPSA) is 96.2 Å². The molecule has 162 valence electrons. The third kappa shape index (κ3) is 5.91.